The van der Waals surface area contributed by atoms with Crippen molar-refractivity contribution >= 4 is 29.5 Å². The van der Waals surface area contributed by atoms with Crippen LogP contribution in [0.25, 0.3) is 0 Å². The zero-order valence-electron chi connectivity index (χ0n) is 21.0. The summed E-state index contributed by atoms with van der Waals surface area (Å²) in [5, 5.41) is 5.98. The lowest BCUT2D eigenvalue weighted by molar-refractivity contribution is -0.123. The van der Waals surface area contributed by atoms with Crippen LogP contribution in [0.5, 0.6) is 0 Å². The van der Waals surface area contributed by atoms with Gasteiger partial charge in [0, 0.05) is 43.3 Å². The van der Waals surface area contributed by atoms with E-state index in [1.54, 1.807) is 36.8 Å². The molecule has 1 aromatic carbocycles. The largest absolute Gasteiger partial charge is 0.437 e. The number of anilines is 3. The lowest BCUT2D eigenvalue weighted by Gasteiger charge is -2.28. The molecule has 0 bridgehead atoms. The van der Waals surface area contributed by atoms with Crippen molar-refractivity contribution in [1.29, 1.82) is 0 Å². The lowest BCUT2D eigenvalue weighted by atomic mass is 10.1. The van der Waals surface area contributed by atoms with Crippen LogP contribution in [-0.4, -0.2) is 65.9 Å². The van der Waals surface area contributed by atoms with E-state index < -0.39 is 18.1 Å². The minimum Gasteiger partial charge on any atom is -0.437 e. The Morgan fingerprint density at radius 3 is 2.74 bits per heavy atom. The van der Waals surface area contributed by atoms with Crippen LogP contribution in [0.3, 0.4) is 0 Å². The molecule has 2 aromatic heterocycles. The van der Waals surface area contributed by atoms with Crippen molar-refractivity contribution in [3.05, 3.63) is 71.7 Å². The maximum Gasteiger partial charge on any atom is 0.405 e. The van der Waals surface area contributed by atoms with E-state index in [2.05, 4.69) is 37.3 Å². The number of primary amides is 1. The fourth-order valence-corrected chi connectivity index (χ4v) is 3.72. The standard InChI is InChI=1S/C27H29N7O4/c1-19(38-26(28)36)25(35)32-23-4-2-3-21(17-23)5-6-22-18-31-27(30-12-9-20-7-10-29-11-8-20)33-24(22)34-13-15-37-16-14-34/h2-4,7-8,10-11,17-19H,9,12-16H2,1H3,(H2,28,36)(H,32,35)(H,30,31,33). The van der Waals surface area contributed by atoms with Crippen LogP contribution in [0.1, 0.15) is 23.6 Å². The summed E-state index contributed by atoms with van der Waals surface area (Å²) in [5.74, 6) is 7.08. The highest BCUT2D eigenvalue weighted by molar-refractivity contribution is 5.95. The summed E-state index contributed by atoms with van der Waals surface area (Å²) in [6.07, 6.45) is 4.05. The fraction of sp³-hybridized carbons (Fsp3) is 0.296. The number of nitrogens with one attached hydrogen (secondary N) is 2. The molecule has 0 radical (unpaired) electrons. The smallest absolute Gasteiger partial charge is 0.405 e. The van der Waals surface area contributed by atoms with Gasteiger partial charge in [-0.25, -0.2) is 9.78 Å². The van der Waals surface area contributed by atoms with Gasteiger partial charge in [-0.2, -0.15) is 4.98 Å². The van der Waals surface area contributed by atoms with E-state index in [0.29, 0.717) is 55.6 Å². The molecule has 0 saturated carbocycles. The number of nitrogens with two attached hydrogens (primary N) is 1. The van der Waals surface area contributed by atoms with Crippen LogP contribution in [-0.2, 0) is 20.7 Å². The lowest BCUT2D eigenvalue weighted by Crippen LogP contribution is -2.37. The second-order valence-corrected chi connectivity index (χ2v) is 8.46. The van der Waals surface area contributed by atoms with E-state index >= 15 is 0 Å². The van der Waals surface area contributed by atoms with Crippen molar-refractivity contribution < 1.29 is 19.1 Å². The van der Waals surface area contributed by atoms with Crippen LogP contribution in [0.15, 0.2) is 55.0 Å². The number of amides is 2. The van der Waals surface area contributed by atoms with Crippen LogP contribution in [0.4, 0.5) is 22.2 Å². The van der Waals surface area contributed by atoms with Crippen molar-refractivity contribution in [3.63, 3.8) is 0 Å². The third kappa shape index (κ3) is 7.65. The van der Waals surface area contributed by atoms with Gasteiger partial charge in [-0.1, -0.05) is 17.9 Å². The second kappa shape index (κ2) is 13.0. The second-order valence-electron chi connectivity index (χ2n) is 8.46. The summed E-state index contributed by atoms with van der Waals surface area (Å²) in [6, 6.07) is 11.0. The quantitative estimate of drug-likeness (QED) is 0.384. The molecule has 1 saturated heterocycles. The van der Waals surface area contributed by atoms with Crippen molar-refractivity contribution in [2.24, 2.45) is 5.73 Å². The predicted molar refractivity (Wildman–Crippen MR) is 143 cm³/mol. The maximum atomic E-state index is 12.2. The summed E-state index contributed by atoms with van der Waals surface area (Å²) in [4.78, 5) is 38.5. The van der Waals surface area contributed by atoms with Gasteiger partial charge in [-0.05, 0) is 49.2 Å². The molecule has 3 heterocycles. The topological polar surface area (TPSA) is 145 Å². The van der Waals surface area contributed by atoms with Gasteiger partial charge >= 0.3 is 6.09 Å². The van der Waals surface area contributed by atoms with Gasteiger partial charge in [0.15, 0.2) is 6.10 Å². The average molecular weight is 516 g/mol. The highest BCUT2D eigenvalue weighted by Gasteiger charge is 2.18. The fourth-order valence-electron chi connectivity index (χ4n) is 3.72. The first-order valence-electron chi connectivity index (χ1n) is 12.2. The Labute approximate surface area is 220 Å². The molecular weight excluding hydrogens is 486 g/mol. The first kappa shape index (κ1) is 26.4. The summed E-state index contributed by atoms with van der Waals surface area (Å²) in [5.41, 5.74) is 8.04. The molecule has 1 unspecified atom stereocenters. The SMILES string of the molecule is CC(OC(N)=O)C(=O)Nc1cccc(C#Cc2cnc(NCCc3ccncc3)nc2N2CCOCC2)c1. The molecule has 1 aliphatic heterocycles. The molecule has 1 fully saturated rings. The number of pyridine rings is 1. The van der Waals surface area contributed by atoms with E-state index in [4.69, 9.17) is 20.2 Å². The molecule has 3 aromatic rings. The minimum atomic E-state index is -1.02. The Balaban J connectivity index is 1.49. The van der Waals surface area contributed by atoms with Gasteiger partial charge in [0.2, 0.25) is 5.95 Å². The van der Waals surface area contributed by atoms with Gasteiger partial charge in [-0.3, -0.25) is 9.78 Å². The normalized spacial score (nSPS) is 13.6. The number of rotatable bonds is 8. The molecule has 196 valence electrons. The Morgan fingerprint density at radius 1 is 1.18 bits per heavy atom. The number of morpholine rings is 1. The monoisotopic (exact) mass is 515 g/mol. The van der Waals surface area contributed by atoms with Crippen molar-refractivity contribution in [2.75, 3.05) is 48.4 Å². The number of carbonyl (C=O) groups is 2. The molecule has 11 nitrogen and oxygen atoms in total. The number of benzene rings is 1. The molecule has 2 amide bonds. The number of hydrogen-bond acceptors (Lipinski definition) is 9. The molecule has 0 aliphatic carbocycles. The van der Waals surface area contributed by atoms with Gasteiger partial charge < -0.3 is 30.7 Å². The molecule has 4 rings (SSSR count). The van der Waals surface area contributed by atoms with Crippen molar-refractivity contribution in [3.8, 4) is 11.8 Å². The first-order valence-corrected chi connectivity index (χ1v) is 12.2. The Kier molecular flexibility index (Phi) is 9.04. The van der Waals surface area contributed by atoms with Gasteiger partial charge in [0.05, 0.1) is 25.0 Å². The molecule has 0 spiro atoms. The Morgan fingerprint density at radius 2 is 1.97 bits per heavy atom. The molecule has 4 N–H and O–H groups in total. The third-order valence-corrected chi connectivity index (χ3v) is 5.66. The van der Waals surface area contributed by atoms with Gasteiger partial charge in [0.1, 0.15) is 5.82 Å². The van der Waals surface area contributed by atoms with E-state index in [9.17, 15) is 9.59 Å². The predicted octanol–water partition coefficient (Wildman–Crippen LogP) is 2.18. The number of nitrogens with zero attached hydrogens (tertiary/aromatic N) is 4. The average Bonchev–Trinajstić information content (AvgIpc) is 2.93. The number of hydrogen-bond donors (Lipinski definition) is 3. The Hall–Kier alpha value is -4.69. The van der Waals surface area contributed by atoms with Crippen molar-refractivity contribution in [2.45, 2.75) is 19.4 Å². The number of aromatic nitrogens is 3. The molecule has 1 atom stereocenters. The summed E-state index contributed by atoms with van der Waals surface area (Å²) in [6.45, 7) is 4.75. The zero-order chi connectivity index (χ0) is 26.7. The maximum absolute atomic E-state index is 12.2. The van der Waals surface area contributed by atoms with Crippen LogP contribution < -0.4 is 21.3 Å². The molecular formula is C27H29N7O4. The van der Waals surface area contributed by atoms with E-state index in [1.165, 1.54) is 12.5 Å². The number of carbonyl (C=O) groups excluding carboxylic acids is 2. The van der Waals surface area contributed by atoms with Crippen molar-refractivity contribution in [1.82, 2.24) is 15.0 Å². The van der Waals surface area contributed by atoms with Crippen LogP contribution in [0.2, 0.25) is 0 Å². The van der Waals surface area contributed by atoms with Crippen LogP contribution >= 0.6 is 0 Å². The van der Waals surface area contributed by atoms with E-state index in [-0.39, 0.29) is 0 Å². The van der Waals surface area contributed by atoms with E-state index in [0.717, 1.165) is 12.2 Å². The summed E-state index contributed by atoms with van der Waals surface area (Å²) >= 11 is 0. The Bertz CT molecular complexity index is 1320. The number of ether oxygens (including phenoxy) is 2. The summed E-state index contributed by atoms with van der Waals surface area (Å²) in [7, 11) is 0. The van der Waals surface area contributed by atoms with Gasteiger partial charge in [0.25, 0.3) is 5.91 Å². The zero-order valence-corrected chi connectivity index (χ0v) is 21.0. The van der Waals surface area contributed by atoms with E-state index in [1.807, 2.05) is 18.2 Å². The highest BCUT2D eigenvalue weighted by Crippen LogP contribution is 2.20. The third-order valence-electron chi connectivity index (χ3n) is 5.66. The first-order chi connectivity index (χ1) is 18.5. The molecule has 11 heteroatoms. The van der Waals surface area contributed by atoms with Crippen LogP contribution in [0, 0.1) is 11.8 Å². The highest BCUT2D eigenvalue weighted by atomic mass is 16.6. The minimum absolute atomic E-state index is 0.496. The summed E-state index contributed by atoms with van der Waals surface area (Å²) < 4.78 is 10.2. The molecule has 1 aliphatic rings. The molecule has 38 heavy (non-hydrogen) atoms. The van der Waals surface area contributed by atoms with Gasteiger partial charge in [-0.15, -0.1) is 0 Å².